The van der Waals surface area contributed by atoms with Crippen molar-refractivity contribution in [1.29, 1.82) is 0 Å². The lowest BCUT2D eigenvalue weighted by atomic mass is 9.68. The van der Waals surface area contributed by atoms with Crippen LogP contribution in [0, 0.1) is 0 Å². The van der Waals surface area contributed by atoms with Crippen LogP contribution in [0.2, 0.25) is 0 Å². The van der Waals surface area contributed by atoms with E-state index in [2.05, 4.69) is 10.0 Å². The average molecular weight is 395 g/mol. The van der Waals surface area contributed by atoms with Crippen LogP contribution in [0.5, 0.6) is 0 Å². The second kappa shape index (κ2) is 8.61. The van der Waals surface area contributed by atoms with Crippen LogP contribution in [0.15, 0.2) is 24.3 Å². The number of nitrogens with one attached hydrogen (secondary N) is 2. The Morgan fingerprint density at radius 3 is 2.44 bits per heavy atom. The number of carbonyl (C=O) groups is 1. The van der Waals surface area contributed by atoms with Crippen molar-refractivity contribution in [1.82, 2.24) is 5.32 Å². The van der Waals surface area contributed by atoms with Crippen LogP contribution in [0.1, 0.15) is 57.4 Å². The third-order valence-electron chi connectivity index (χ3n) is 5.75. The smallest absolute Gasteiger partial charge is 0.232 e. The van der Waals surface area contributed by atoms with Crippen molar-refractivity contribution < 1.29 is 17.9 Å². The van der Waals surface area contributed by atoms with Crippen molar-refractivity contribution in [2.45, 2.75) is 63.4 Å². The number of amides is 1. The van der Waals surface area contributed by atoms with Crippen LogP contribution in [-0.2, 0) is 25.0 Å². The van der Waals surface area contributed by atoms with E-state index in [1.54, 1.807) is 19.1 Å². The lowest BCUT2D eigenvalue weighted by Gasteiger charge is -2.36. The minimum Gasteiger partial charge on any atom is -0.376 e. The van der Waals surface area contributed by atoms with Crippen molar-refractivity contribution in [2.24, 2.45) is 0 Å². The number of rotatable bonds is 7. The van der Waals surface area contributed by atoms with E-state index in [4.69, 9.17) is 4.74 Å². The zero-order valence-electron chi connectivity index (χ0n) is 16.0. The number of ether oxygens (including phenoxy) is 1. The summed E-state index contributed by atoms with van der Waals surface area (Å²) in [7, 11) is -3.30. The molecule has 1 atom stereocenters. The molecule has 1 saturated heterocycles. The van der Waals surface area contributed by atoms with Gasteiger partial charge in [-0.3, -0.25) is 9.52 Å². The van der Waals surface area contributed by atoms with Gasteiger partial charge in [-0.05, 0) is 50.3 Å². The zero-order valence-corrected chi connectivity index (χ0v) is 16.8. The Balaban J connectivity index is 1.76. The highest BCUT2D eigenvalue weighted by Gasteiger charge is 2.41. The maximum atomic E-state index is 13.2. The third-order valence-corrected chi connectivity index (χ3v) is 7.05. The SMILES string of the molecule is CCS(=O)(=O)Nc1ccc(C2(C(=O)NC[C@@H]3CCCO3)CCCCC2)cc1. The van der Waals surface area contributed by atoms with Crippen LogP contribution in [0.4, 0.5) is 5.69 Å². The zero-order chi connectivity index (χ0) is 19.3. The Morgan fingerprint density at radius 1 is 1.15 bits per heavy atom. The summed E-state index contributed by atoms with van der Waals surface area (Å²) in [5, 5.41) is 3.12. The van der Waals surface area contributed by atoms with Crippen LogP contribution in [0.25, 0.3) is 0 Å². The van der Waals surface area contributed by atoms with Gasteiger partial charge in [-0.1, -0.05) is 31.4 Å². The average Bonchev–Trinajstić information content (AvgIpc) is 3.20. The van der Waals surface area contributed by atoms with Crippen LogP contribution >= 0.6 is 0 Å². The molecular formula is C20H30N2O4S. The molecule has 1 aromatic carbocycles. The molecule has 1 amide bonds. The van der Waals surface area contributed by atoms with Crippen molar-refractivity contribution in [3.05, 3.63) is 29.8 Å². The normalized spacial score (nSPS) is 22.3. The van der Waals surface area contributed by atoms with Gasteiger partial charge in [-0.2, -0.15) is 0 Å². The maximum absolute atomic E-state index is 13.2. The minimum atomic E-state index is -3.30. The van der Waals surface area contributed by atoms with Gasteiger partial charge < -0.3 is 10.1 Å². The van der Waals surface area contributed by atoms with Crippen LogP contribution in [0.3, 0.4) is 0 Å². The molecule has 2 fully saturated rings. The molecule has 6 nitrogen and oxygen atoms in total. The van der Waals surface area contributed by atoms with Crippen LogP contribution < -0.4 is 10.0 Å². The summed E-state index contributed by atoms with van der Waals surface area (Å²) >= 11 is 0. The highest BCUT2D eigenvalue weighted by molar-refractivity contribution is 7.92. The van der Waals surface area contributed by atoms with Gasteiger partial charge >= 0.3 is 0 Å². The summed E-state index contributed by atoms with van der Waals surface area (Å²) in [6.45, 7) is 2.95. The molecule has 1 heterocycles. The summed E-state index contributed by atoms with van der Waals surface area (Å²) in [6, 6.07) is 7.30. The molecule has 0 aromatic heterocycles. The molecule has 1 aromatic rings. The monoisotopic (exact) mass is 394 g/mol. The van der Waals surface area contributed by atoms with E-state index in [9.17, 15) is 13.2 Å². The Kier molecular flexibility index (Phi) is 6.42. The number of hydrogen-bond donors (Lipinski definition) is 2. The number of carbonyl (C=O) groups excluding carboxylic acids is 1. The van der Waals surface area contributed by atoms with Crippen molar-refractivity contribution >= 4 is 21.6 Å². The van der Waals surface area contributed by atoms with E-state index in [1.807, 2.05) is 12.1 Å². The number of sulfonamides is 1. The fourth-order valence-corrected chi connectivity index (χ4v) is 4.73. The topological polar surface area (TPSA) is 84.5 Å². The quantitative estimate of drug-likeness (QED) is 0.745. The molecule has 1 saturated carbocycles. The van der Waals surface area contributed by atoms with E-state index >= 15 is 0 Å². The molecule has 3 rings (SSSR count). The summed E-state index contributed by atoms with van der Waals surface area (Å²) < 4.78 is 31.7. The van der Waals surface area contributed by atoms with E-state index in [0.717, 1.165) is 57.1 Å². The number of benzene rings is 1. The van der Waals surface area contributed by atoms with Gasteiger partial charge in [0.25, 0.3) is 0 Å². The molecule has 0 unspecified atom stereocenters. The Hall–Kier alpha value is -1.60. The van der Waals surface area contributed by atoms with Crippen molar-refractivity contribution in [2.75, 3.05) is 23.6 Å². The molecule has 2 N–H and O–H groups in total. The lowest BCUT2D eigenvalue weighted by molar-refractivity contribution is -0.128. The first kappa shape index (κ1) is 20.1. The molecule has 1 aliphatic heterocycles. The second-order valence-corrected chi connectivity index (χ2v) is 9.58. The van der Waals surface area contributed by atoms with E-state index in [0.29, 0.717) is 12.2 Å². The highest BCUT2D eigenvalue weighted by atomic mass is 32.2. The van der Waals surface area contributed by atoms with E-state index < -0.39 is 15.4 Å². The standard InChI is InChI=1S/C20H30N2O4S/c1-2-27(24,25)22-17-10-8-16(9-11-17)20(12-4-3-5-13-20)19(23)21-15-18-7-6-14-26-18/h8-11,18,22H,2-7,12-15H2,1H3,(H,21,23)/t18-/m0/s1. The third kappa shape index (κ3) is 4.82. The highest BCUT2D eigenvalue weighted by Crippen LogP contribution is 2.40. The van der Waals surface area contributed by atoms with Crippen molar-refractivity contribution in [3.63, 3.8) is 0 Å². The Morgan fingerprint density at radius 2 is 1.85 bits per heavy atom. The molecular weight excluding hydrogens is 364 g/mol. The largest absolute Gasteiger partial charge is 0.376 e. The summed E-state index contributed by atoms with van der Waals surface area (Å²) in [6.07, 6.45) is 7.03. The van der Waals surface area contributed by atoms with Gasteiger partial charge in [-0.15, -0.1) is 0 Å². The predicted octanol–water partition coefficient (Wildman–Crippen LogP) is 2.95. The van der Waals surface area contributed by atoms with Gasteiger partial charge in [0.2, 0.25) is 15.9 Å². The van der Waals surface area contributed by atoms with E-state index in [1.165, 1.54) is 0 Å². The molecule has 0 bridgehead atoms. The Bertz CT molecular complexity index is 734. The van der Waals surface area contributed by atoms with Crippen LogP contribution in [-0.4, -0.2) is 39.3 Å². The van der Waals surface area contributed by atoms with Crippen molar-refractivity contribution in [3.8, 4) is 0 Å². The van der Waals surface area contributed by atoms with Gasteiger partial charge in [0, 0.05) is 18.8 Å². The fraction of sp³-hybridized carbons (Fsp3) is 0.650. The second-order valence-electron chi connectivity index (χ2n) is 7.57. The lowest BCUT2D eigenvalue weighted by Crippen LogP contribution is -2.47. The molecule has 2 aliphatic rings. The maximum Gasteiger partial charge on any atom is 0.232 e. The molecule has 1 aliphatic carbocycles. The summed E-state index contributed by atoms with van der Waals surface area (Å²) in [4.78, 5) is 13.2. The van der Waals surface area contributed by atoms with Gasteiger partial charge in [0.15, 0.2) is 0 Å². The molecule has 0 spiro atoms. The summed E-state index contributed by atoms with van der Waals surface area (Å²) in [5.41, 5.74) is 0.969. The number of hydrogen-bond acceptors (Lipinski definition) is 4. The number of anilines is 1. The van der Waals surface area contributed by atoms with E-state index in [-0.39, 0.29) is 17.8 Å². The van der Waals surface area contributed by atoms with Gasteiger partial charge in [0.05, 0.1) is 17.3 Å². The molecule has 27 heavy (non-hydrogen) atoms. The molecule has 150 valence electrons. The minimum absolute atomic E-state index is 0.0321. The molecule has 7 heteroatoms. The first-order chi connectivity index (χ1) is 13.0. The first-order valence-electron chi connectivity index (χ1n) is 9.96. The van der Waals surface area contributed by atoms with Gasteiger partial charge in [0.1, 0.15) is 0 Å². The Labute approximate surface area is 162 Å². The fourth-order valence-electron chi connectivity index (χ4n) is 4.09. The first-order valence-corrected chi connectivity index (χ1v) is 11.6. The van der Waals surface area contributed by atoms with Gasteiger partial charge in [-0.25, -0.2) is 8.42 Å². The molecule has 0 radical (unpaired) electrons. The summed E-state index contributed by atoms with van der Waals surface area (Å²) in [5.74, 6) is 0.101. The predicted molar refractivity (Wildman–Crippen MR) is 106 cm³/mol.